The van der Waals surface area contributed by atoms with E-state index in [1.165, 1.54) is 6.33 Å². The second-order valence-electron chi connectivity index (χ2n) is 5.63. The van der Waals surface area contributed by atoms with E-state index in [9.17, 15) is 4.79 Å². The molecule has 126 valence electrons. The zero-order valence-corrected chi connectivity index (χ0v) is 14.5. The lowest BCUT2D eigenvalue weighted by atomic mass is 9.91. The molecule has 1 fully saturated rings. The third kappa shape index (κ3) is 4.59. The van der Waals surface area contributed by atoms with Gasteiger partial charge < -0.3 is 16.0 Å². The Balaban J connectivity index is 0.00000192. The molecule has 2 heterocycles. The van der Waals surface area contributed by atoms with Gasteiger partial charge in [0, 0.05) is 36.8 Å². The molecule has 8 heteroatoms. The van der Waals surface area contributed by atoms with Crippen molar-refractivity contribution >= 4 is 35.9 Å². The third-order valence-electron chi connectivity index (χ3n) is 4.08. The maximum absolute atomic E-state index is 12.5. The zero-order valence-electron chi connectivity index (χ0n) is 12.9. The van der Waals surface area contributed by atoms with Gasteiger partial charge in [-0.25, -0.2) is 9.97 Å². The number of amides is 1. The maximum Gasteiger partial charge on any atom is 0.259 e. The third-order valence-corrected chi connectivity index (χ3v) is 5.07. The number of hydrogen-bond acceptors (Lipinski definition) is 6. The van der Waals surface area contributed by atoms with Crippen molar-refractivity contribution in [1.29, 1.82) is 0 Å². The average Bonchev–Trinajstić information content (AvgIpc) is 2.58. The Morgan fingerprint density at radius 3 is 2.96 bits per heavy atom. The number of carbonyl (C=O) groups is 1. The van der Waals surface area contributed by atoms with Gasteiger partial charge in [-0.3, -0.25) is 4.79 Å². The zero-order chi connectivity index (χ0) is 15.4. The van der Waals surface area contributed by atoms with Crippen LogP contribution in [0.4, 0.5) is 5.82 Å². The molecule has 1 aromatic heterocycles. The lowest BCUT2D eigenvalue weighted by Gasteiger charge is -2.30. The molecule has 0 saturated heterocycles. The van der Waals surface area contributed by atoms with Gasteiger partial charge in [-0.15, -0.1) is 24.2 Å². The molecular weight excluding hydrogens is 334 g/mol. The van der Waals surface area contributed by atoms with Crippen LogP contribution in [0.1, 0.15) is 25.7 Å². The van der Waals surface area contributed by atoms with Gasteiger partial charge >= 0.3 is 0 Å². The van der Waals surface area contributed by atoms with Crippen LogP contribution in [0.15, 0.2) is 29.7 Å². The summed E-state index contributed by atoms with van der Waals surface area (Å²) in [6, 6.07) is 2.01. The Hall–Kier alpha value is -1.31. The summed E-state index contributed by atoms with van der Waals surface area (Å²) < 4.78 is 0. The van der Waals surface area contributed by atoms with E-state index in [1.54, 1.807) is 18.0 Å². The molecule has 3 N–H and O–H groups in total. The minimum absolute atomic E-state index is 0. The second-order valence-corrected chi connectivity index (χ2v) is 6.77. The number of rotatable bonds is 3. The maximum atomic E-state index is 12.5. The van der Waals surface area contributed by atoms with Gasteiger partial charge in [0.2, 0.25) is 0 Å². The fourth-order valence-corrected chi connectivity index (χ4v) is 3.73. The minimum atomic E-state index is -0.0221. The van der Waals surface area contributed by atoms with Crippen LogP contribution in [0, 0.1) is 0 Å². The van der Waals surface area contributed by atoms with Crippen molar-refractivity contribution in [2.24, 2.45) is 5.73 Å². The number of nitrogens with zero attached hydrogens (tertiary/aromatic N) is 3. The van der Waals surface area contributed by atoms with Gasteiger partial charge in [0.05, 0.1) is 4.91 Å². The summed E-state index contributed by atoms with van der Waals surface area (Å²) in [6.45, 7) is 0.835. The van der Waals surface area contributed by atoms with Crippen LogP contribution in [0.3, 0.4) is 0 Å². The molecule has 0 radical (unpaired) electrons. The summed E-state index contributed by atoms with van der Waals surface area (Å²) in [5.41, 5.74) is 6.11. The number of carbonyl (C=O) groups excluding carboxylic acids is 1. The molecule has 1 saturated carbocycles. The molecule has 0 bridgehead atoms. The second kappa shape index (κ2) is 8.52. The molecule has 1 aromatic rings. The van der Waals surface area contributed by atoms with Crippen LogP contribution >= 0.6 is 24.2 Å². The normalized spacial score (nSPS) is 24.4. The number of nitrogens with one attached hydrogen (secondary N) is 1. The topological polar surface area (TPSA) is 84.1 Å². The molecule has 2 atom stereocenters. The van der Waals surface area contributed by atoms with Crippen molar-refractivity contribution in [3.05, 3.63) is 29.7 Å². The van der Waals surface area contributed by atoms with E-state index >= 15 is 0 Å². The summed E-state index contributed by atoms with van der Waals surface area (Å²) in [5.74, 6) is 1.65. The molecule has 0 aromatic carbocycles. The quantitative estimate of drug-likeness (QED) is 0.858. The molecule has 2 aliphatic rings. The lowest BCUT2D eigenvalue weighted by molar-refractivity contribution is -0.117. The van der Waals surface area contributed by atoms with Crippen molar-refractivity contribution in [2.75, 3.05) is 17.2 Å². The van der Waals surface area contributed by atoms with Crippen molar-refractivity contribution in [1.82, 2.24) is 15.3 Å². The highest BCUT2D eigenvalue weighted by molar-refractivity contribution is 8.04. The van der Waals surface area contributed by atoms with Gasteiger partial charge in [-0.05, 0) is 18.9 Å². The number of nitrogens with two attached hydrogens (primary N) is 1. The van der Waals surface area contributed by atoms with E-state index in [2.05, 4.69) is 15.3 Å². The molecule has 1 amide bonds. The smallest absolute Gasteiger partial charge is 0.259 e. The van der Waals surface area contributed by atoms with Crippen molar-refractivity contribution in [2.45, 2.75) is 37.8 Å². The van der Waals surface area contributed by atoms with E-state index in [-0.39, 0.29) is 30.4 Å². The van der Waals surface area contributed by atoms with Gasteiger partial charge in [0.25, 0.3) is 5.91 Å². The molecule has 0 unspecified atom stereocenters. The van der Waals surface area contributed by atoms with E-state index < -0.39 is 0 Å². The van der Waals surface area contributed by atoms with Crippen LogP contribution in [-0.2, 0) is 4.79 Å². The molecule has 1 aliphatic heterocycles. The lowest BCUT2D eigenvalue weighted by Crippen LogP contribution is -2.49. The molecule has 1 aliphatic carbocycles. The van der Waals surface area contributed by atoms with Crippen molar-refractivity contribution < 1.29 is 4.79 Å². The highest BCUT2D eigenvalue weighted by Crippen LogP contribution is 2.25. The Bertz CT molecular complexity index is 556. The molecule has 0 spiro atoms. The van der Waals surface area contributed by atoms with Crippen molar-refractivity contribution in [3.8, 4) is 0 Å². The predicted octanol–water partition coefficient (Wildman–Crippen LogP) is 1.68. The Labute approximate surface area is 146 Å². The van der Waals surface area contributed by atoms with E-state index in [4.69, 9.17) is 5.73 Å². The van der Waals surface area contributed by atoms with Crippen LogP contribution in [0.25, 0.3) is 0 Å². The van der Waals surface area contributed by atoms with Crippen molar-refractivity contribution in [3.63, 3.8) is 0 Å². The summed E-state index contributed by atoms with van der Waals surface area (Å²) in [6.07, 6.45) is 9.36. The van der Waals surface area contributed by atoms with E-state index in [1.807, 2.05) is 17.2 Å². The Morgan fingerprint density at radius 2 is 2.22 bits per heavy atom. The first-order valence-corrected chi connectivity index (χ1v) is 8.66. The molecule has 23 heavy (non-hydrogen) atoms. The van der Waals surface area contributed by atoms with Gasteiger partial charge in [0.15, 0.2) is 0 Å². The number of aromatic nitrogens is 2. The first kappa shape index (κ1) is 18.0. The fourth-order valence-electron chi connectivity index (χ4n) is 2.83. The monoisotopic (exact) mass is 355 g/mol. The standard InChI is InChI=1S/C15H21N5OS.ClH/c16-11-3-1-2-4-12(11)19-15(21)13-9-20(7-8-22-13)14-5-6-17-10-18-14;/h5-6,9-12H,1-4,7-8,16H2,(H,19,21);1H/t11-,12-;/m1./s1. The van der Waals surface area contributed by atoms with Gasteiger partial charge in [-0.2, -0.15) is 0 Å². The van der Waals surface area contributed by atoms with Crippen LogP contribution in [0.2, 0.25) is 0 Å². The van der Waals surface area contributed by atoms with Crippen LogP contribution in [0.5, 0.6) is 0 Å². The summed E-state index contributed by atoms with van der Waals surface area (Å²) >= 11 is 1.58. The highest BCUT2D eigenvalue weighted by Gasteiger charge is 2.26. The largest absolute Gasteiger partial charge is 0.347 e. The summed E-state index contributed by atoms with van der Waals surface area (Å²) in [7, 11) is 0. The average molecular weight is 356 g/mol. The predicted molar refractivity (Wildman–Crippen MR) is 95.5 cm³/mol. The number of anilines is 1. The summed E-state index contributed by atoms with van der Waals surface area (Å²) in [4.78, 5) is 23.3. The number of thioether (sulfide) groups is 1. The Morgan fingerprint density at radius 1 is 1.39 bits per heavy atom. The van der Waals surface area contributed by atoms with Gasteiger partial charge in [0.1, 0.15) is 12.1 Å². The number of hydrogen-bond donors (Lipinski definition) is 2. The van der Waals surface area contributed by atoms with E-state index in [0.717, 1.165) is 48.7 Å². The molecule has 3 rings (SSSR count). The minimum Gasteiger partial charge on any atom is -0.347 e. The molecule has 6 nitrogen and oxygen atoms in total. The van der Waals surface area contributed by atoms with Crippen LogP contribution in [-0.4, -0.2) is 40.3 Å². The van der Waals surface area contributed by atoms with Gasteiger partial charge in [-0.1, -0.05) is 12.8 Å². The molecular formula is C15H22ClN5OS. The van der Waals surface area contributed by atoms with Crippen LogP contribution < -0.4 is 16.0 Å². The number of halogens is 1. The fraction of sp³-hybridized carbons (Fsp3) is 0.533. The summed E-state index contributed by atoms with van der Waals surface area (Å²) in [5, 5.41) is 3.10. The first-order valence-electron chi connectivity index (χ1n) is 7.68. The van der Waals surface area contributed by atoms with E-state index in [0.29, 0.717) is 0 Å². The Kier molecular flexibility index (Phi) is 6.68. The SMILES string of the molecule is Cl.N[C@@H]1CCCC[C@H]1NC(=O)C1=CN(c2ccncn2)CCS1. The first-order chi connectivity index (χ1) is 10.7. The highest BCUT2D eigenvalue weighted by atomic mass is 35.5.